The molecule has 1 amide bonds. The van der Waals surface area contributed by atoms with Crippen molar-refractivity contribution in [2.45, 2.75) is 6.92 Å². The third kappa shape index (κ3) is 4.58. The van der Waals surface area contributed by atoms with Crippen LogP contribution in [0.3, 0.4) is 0 Å². The molecule has 156 valence electrons. The van der Waals surface area contributed by atoms with E-state index in [0.717, 1.165) is 34.5 Å². The molecule has 0 spiro atoms. The highest BCUT2D eigenvalue weighted by molar-refractivity contribution is 6.06. The van der Waals surface area contributed by atoms with Crippen molar-refractivity contribution in [2.24, 2.45) is 7.05 Å². The first-order valence-corrected chi connectivity index (χ1v) is 9.48. The van der Waals surface area contributed by atoms with Gasteiger partial charge in [0, 0.05) is 47.9 Å². The van der Waals surface area contributed by atoms with Crippen LogP contribution in [-0.2, 0) is 7.05 Å². The number of anilines is 3. The van der Waals surface area contributed by atoms with Crippen molar-refractivity contribution in [3.8, 4) is 11.1 Å². The molecule has 0 aliphatic carbocycles. The largest absolute Gasteiger partial charge is 0.338 e. The summed E-state index contributed by atoms with van der Waals surface area (Å²) in [7, 11) is 1.80. The molecule has 8 heteroatoms. The lowest BCUT2D eigenvalue weighted by atomic mass is 10.1. The van der Waals surface area contributed by atoms with E-state index >= 15 is 0 Å². The van der Waals surface area contributed by atoms with Crippen molar-refractivity contribution in [3.63, 3.8) is 0 Å². The summed E-state index contributed by atoms with van der Waals surface area (Å²) in [4.78, 5) is 17.2. The van der Waals surface area contributed by atoms with Crippen molar-refractivity contribution in [3.05, 3.63) is 89.9 Å². The summed E-state index contributed by atoms with van der Waals surface area (Å²) in [6, 6.07) is 12.0. The maximum atomic E-state index is 13.6. The molecule has 0 atom stereocenters. The normalized spacial score (nSPS) is 10.7. The molecule has 0 aliphatic heterocycles. The second-order valence-corrected chi connectivity index (χ2v) is 7.08. The molecule has 2 aromatic heterocycles. The molecule has 0 fully saturated rings. The zero-order valence-corrected chi connectivity index (χ0v) is 16.9. The topological polar surface area (TPSA) is 71.8 Å². The molecular formula is C23H19F2N5O. The molecule has 0 aliphatic rings. The van der Waals surface area contributed by atoms with E-state index in [4.69, 9.17) is 0 Å². The molecule has 4 aromatic rings. The van der Waals surface area contributed by atoms with Crippen LogP contribution in [0.15, 0.2) is 67.1 Å². The second-order valence-electron chi connectivity index (χ2n) is 7.08. The van der Waals surface area contributed by atoms with Gasteiger partial charge >= 0.3 is 0 Å². The zero-order chi connectivity index (χ0) is 22.0. The Bertz CT molecular complexity index is 1250. The first kappa shape index (κ1) is 20.2. The zero-order valence-electron chi connectivity index (χ0n) is 16.9. The first-order valence-electron chi connectivity index (χ1n) is 9.48. The SMILES string of the molecule is Cc1ccccc1Nc1ncc(-c2cnn(C)c2)cc1NC(=O)c1cc(F)cc(F)c1. The molecule has 0 saturated heterocycles. The van der Waals surface area contributed by atoms with Crippen molar-refractivity contribution >= 4 is 23.1 Å². The van der Waals surface area contributed by atoms with Gasteiger partial charge in [0.05, 0.1) is 11.9 Å². The number of nitrogens with zero attached hydrogens (tertiary/aromatic N) is 3. The number of hydrogen-bond acceptors (Lipinski definition) is 4. The number of carbonyl (C=O) groups excluding carboxylic acids is 1. The summed E-state index contributed by atoms with van der Waals surface area (Å²) in [5, 5.41) is 10.1. The molecular weight excluding hydrogens is 400 g/mol. The smallest absolute Gasteiger partial charge is 0.255 e. The highest BCUT2D eigenvalue weighted by Crippen LogP contribution is 2.30. The molecule has 0 saturated carbocycles. The van der Waals surface area contributed by atoms with Gasteiger partial charge in [-0.2, -0.15) is 5.10 Å². The Kier molecular flexibility index (Phi) is 5.44. The average molecular weight is 419 g/mol. The van der Waals surface area contributed by atoms with E-state index < -0.39 is 17.5 Å². The quantitative estimate of drug-likeness (QED) is 0.474. The number of aryl methyl sites for hydroxylation is 2. The Morgan fingerprint density at radius 3 is 2.39 bits per heavy atom. The number of hydrogen-bond donors (Lipinski definition) is 2. The number of benzene rings is 2. The highest BCUT2D eigenvalue weighted by atomic mass is 19.1. The lowest BCUT2D eigenvalue weighted by molar-refractivity contribution is 0.102. The summed E-state index contributed by atoms with van der Waals surface area (Å²) in [5.41, 5.74) is 3.57. The van der Waals surface area contributed by atoms with Crippen LogP contribution in [0.25, 0.3) is 11.1 Å². The maximum absolute atomic E-state index is 13.6. The van der Waals surface area contributed by atoms with Crippen LogP contribution in [0.2, 0.25) is 0 Å². The monoisotopic (exact) mass is 419 g/mol. The average Bonchev–Trinajstić information content (AvgIpc) is 3.16. The summed E-state index contributed by atoms with van der Waals surface area (Å²) in [5.74, 6) is -1.92. The summed E-state index contributed by atoms with van der Waals surface area (Å²) in [6.07, 6.45) is 5.16. The van der Waals surface area contributed by atoms with Gasteiger partial charge in [-0.15, -0.1) is 0 Å². The lowest BCUT2D eigenvalue weighted by Gasteiger charge is -2.15. The van der Waals surface area contributed by atoms with Gasteiger partial charge in [0.1, 0.15) is 11.6 Å². The number of para-hydroxylation sites is 1. The number of rotatable bonds is 5. The number of aromatic nitrogens is 3. The van der Waals surface area contributed by atoms with Crippen molar-refractivity contribution < 1.29 is 13.6 Å². The standard InChI is InChI=1S/C23H19F2N5O/c1-14-5-3-4-6-20(14)28-22-21(9-16(11-26-22)17-12-27-30(2)13-17)29-23(31)15-7-18(24)10-19(25)8-15/h3-13H,1-2H3,(H,26,28)(H,29,31). The van der Waals surface area contributed by atoms with Crippen LogP contribution in [-0.4, -0.2) is 20.7 Å². The van der Waals surface area contributed by atoms with Crippen LogP contribution >= 0.6 is 0 Å². The number of amides is 1. The minimum atomic E-state index is -0.828. The molecule has 2 aromatic carbocycles. The third-order valence-corrected chi connectivity index (χ3v) is 4.70. The van der Waals surface area contributed by atoms with Crippen LogP contribution in [0.5, 0.6) is 0 Å². The van der Waals surface area contributed by atoms with E-state index in [1.807, 2.05) is 37.4 Å². The number of pyridine rings is 1. The third-order valence-electron chi connectivity index (χ3n) is 4.70. The van der Waals surface area contributed by atoms with E-state index in [-0.39, 0.29) is 5.56 Å². The molecule has 2 heterocycles. The fourth-order valence-corrected chi connectivity index (χ4v) is 3.11. The Morgan fingerprint density at radius 2 is 1.71 bits per heavy atom. The minimum Gasteiger partial charge on any atom is -0.338 e. The van der Waals surface area contributed by atoms with Crippen molar-refractivity contribution in [1.29, 1.82) is 0 Å². The summed E-state index contributed by atoms with van der Waals surface area (Å²) in [6.45, 7) is 1.94. The Morgan fingerprint density at radius 1 is 0.968 bits per heavy atom. The van der Waals surface area contributed by atoms with Gasteiger partial charge < -0.3 is 10.6 Å². The van der Waals surface area contributed by atoms with E-state index in [0.29, 0.717) is 17.6 Å². The number of halogens is 2. The van der Waals surface area contributed by atoms with Gasteiger partial charge in [-0.05, 0) is 36.8 Å². The predicted octanol–water partition coefficient (Wildman–Crippen LogP) is 5.06. The highest BCUT2D eigenvalue weighted by Gasteiger charge is 2.15. The van der Waals surface area contributed by atoms with Crippen LogP contribution in [0.1, 0.15) is 15.9 Å². The van der Waals surface area contributed by atoms with Gasteiger partial charge in [-0.25, -0.2) is 13.8 Å². The van der Waals surface area contributed by atoms with Crippen LogP contribution in [0.4, 0.5) is 26.0 Å². The Balaban J connectivity index is 1.72. The molecule has 0 radical (unpaired) electrons. The van der Waals surface area contributed by atoms with Gasteiger partial charge in [-0.3, -0.25) is 9.48 Å². The minimum absolute atomic E-state index is 0.133. The molecule has 0 unspecified atom stereocenters. The lowest BCUT2D eigenvalue weighted by Crippen LogP contribution is -2.14. The fraction of sp³-hybridized carbons (Fsp3) is 0.0870. The van der Waals surface area contributed by atoms with Gasteiger partial charge in [0.25, 0.3) is 5.91 Å². The van der Waals surface area contributed by atoms with E-state index in [2.05, 4.69) is 20.7 Å². The predicted molar refractivity (Wildman–Crippen MR) is 115 cm³/mol. The first-order chi connectivity index (χ1) is 14.9. The van der Waals surface area contributed by atoms with Crippen molar-refractivity contribution in [1.82, 2.24) is 14.8 Å². The van der Waals surface area contributed by atoms with Crippen LogP contribution in [0, 0.1) is 18.6 Å². The molecule has 4 rings (SSSR count). The van der Waals surface area contributed by atoms with Gasteiger partial charge in [0.2, 0.25) is 0 Å². The van der Waals surface area contributed by atoms with Crippen LogP contribution < -0.4 is 10.6 Å². The van der Waals surface area contributed by atoms with E-state index in [1.54, 1.807) is 30.2 Å². The van der Waals surface area contributed by atoms with E-state index in [1.165, 1.54) is 0 Å². The Labute approximate surface area is 177 Å². The molecule has 0 bridgehead atoms. The fourth-order valence-electron chi connectivity index (χ4n) is 3.11. The number of nitrogens with one attached hydrogen (secondary N) is 2. The maximum Gasteiger partial charge on any atom is 0.255 e. The molecule has 6 nitrogen and oxygen atoms in total. The second kappa shape index (κ2) is 8.35. The Hall–Kier alpha value is -4.07. The van der Waals surface area contributed by atoms with Crippen molar-refractivity contribution in [2.75, 3.05) is 10.6 Å². The molecule has 2 N–H and O–H groups in total. The summed E-state index contributed by atoms with van der Waals surface area (Å²) >= 11 is 0. The summed E-state index contributed by atoms with van der Waals surface area (Å²) < 4.78 is 28.8. The number of carbonyl (C=O) groups is 1. The molecule has 31 heavy (non-hydrogen) atoms. The van der Waals surface area contributed by atoms with Gasteiger partial charge in [0.15, 0.2) is 5.82 Å². The van der Waals surface area contributed by atoms with Gasteiger partial charge in [-0.1, -0.05) is 18.2 Å². The van der Waals surface area contributed by atoms with E-state index in [9.17, 15) is 13.6 Å².